The third-order valence-corrected chi connectivity index (χ3v) is 3.80. The van der Waals surface area contributed by atoms with Gasteiger partial charge in [-0.15, -0.1) is 0 Å². The molecule has 0 unspecified atom stereocenters. The van der Waals surface area contributed by atoms with Crippen LogP contribution in [0.5, 0.6) is 5.75 Å². The lowest BCUT2D eigenvalue weighted by atomic mass is 10.1. The van der Waals surface area contributed by atoms with Gasteiger partial charge in [0.25, 0.3) is 5.91 Å². The van der Waals surface area contributed by atoms with E-state index in [9.17, 15) is 9.59 Å². The van der Waals surface area contributed by atoms with Crippen molar-refractivity contribution in [2.45, 2.75) is 20.4 Å². The third-order valence-electron chi connectivity index (χ3n) is 3.80. The van der Waals surface area contributed by atoms with E-state index in [-0.39, 0.29) is 19.1 Å². The first kappa shape index (κ1) is 18.5. The molecule has 2 aromatic rings. The Hall–Kier alpha value is -2.82. The maximum absolute atomic E-state index is 12.5. The van der Waals surface area contributed by atoms with Gasteiger partial charge in [0.1, 0.15) is 12.3 Å². The summed E-state index contributed by atoms with van der Waals surface area (Å²) in [4.78, 5) is 25.6. The fraction of sp³-hybridized carbons (Fsp3) is 0.300. The number of carbonyl (C=O) groups excluding carboxylic acids is 2. The van der Waals surface area contributed by atoms with Crippen LogP contribution < -0.4 is 4.74 Å². The molecule has 0 heterocycles. The van der Waals surface area contributed by atoms with Crippen molar-refractivity contribution < 1.29 is 19.1 Å². The van der Waals surface area contributed by atoms with Crippen molar-refractivity contribution in [3.63, 3.8) is 0 Å². The SMILES string of the molecule is COC(=O)CN(Cc1ccccc1)C(=O)COc1ccc(C)cc1C. The largest absolute Gasteiger partial charge is 0.483 e. The highest BCUT2D eigenvalue weighted by atomic mass is 16.5. The summed E-state index contributed by atoms with van der Waals surface area (Å²) < 4.78 is 10.3. The number of aryl methyl sites for hydroxylation is 2. The molecule has 2 rings (SSSR count). The van der Waals surface area contributed by atoms with Crippen LogP contribution in [-0.2, 0) is 20.9 Å². The molecule has 0 saturated carbocycles. The number of amides is 1. The lowest BCUT2D eigenvalue weighted by Crippen LogP contribution is -2.38. The summed E-state index contributed by atoms with van der Waals surface area (Å²) in [5.74, 6) is -0.0679. The van der Waals surface area contributed by atoms with Gasteiger partial charge in [-0.1, -0.05) is 48.0 Å². The van der Waals surface area contributed by atoms with Crippen LogP contribution in [0.4, 0.5) is 0 Å². The van der Waals surface area contributed by atoms with Crippen molar-refractivity contribution in [1.82, 2.24) is 4.90 Å². The summed E-state index contributed by atoms with van der Waals surface area (Å²) in [6.45, 7) is 4.02. The molecule has 5 heteroatoms. The lowest BCUT2D eigenvalue weighted by Gasteiger charge is -2.22. The van der Waals surface area contributed by atoms with Crippen molar-refractivity contribution in [2.24, 2.45) is 0 Å². The topological polar surface area (TPSA) is 55.8 Å². The molecule has 25 heavy (non-hydrogen) atoms. The van der Waals surface area contributed by atoms with E-state index in [4.69, 9.17) is 4.74 Å². The number of methoxy groups -OCH3 is 1. The van der Waals surface area contributed by atoms with Gasteiger partial charge in [0.05, 0.1) is 7.11 Å². The minimum atomic E-state index is -0.462. The number of hydrogen-bond donors (Lipinski definition) is 0. The highest BCUT2D eigenvalue weighted by Gasteiger charge is 2.19. The van der Waals surface area contributed by atoms with Crippen molar-refractivity contribution in [1.29, 1.82) is 0 Å². The Balaban J connectivity index is 2.04. The molecule has 1 amide bonds. The Bertz CT molecular complexity index is 728. The molecule has 0 aliphatic carbocycles. The van der Waals surface area contributed by atoms with Gasteiger partial charge in [0.15, 0.2) is 6.61 Å². The fourth-order valence-corrected chi connectivity index (χ4v) is 2.45. The van der Waals surface area contributed by atoms with Crippen LogP contribution in [0.3, 0.4) is 0 Å². The number of benzene rings is 2. The summed E-state index contributed by atoms with van der Waals surface area (Å²) in [7, 11) is 1.31. The van der Waals surface area contributed by atoms with E-state index < -0.39 is 5.97 Å². The van der Waals surface area contributed by atoms with Crippen LogP contribution in [0.2, 0.25) is 0 Å². The fourth-order valence-electron chi connectivity index (χ4n) is 2.45. The second-order valence-electron chi connectivity index (χ2n) is 5.87. The second-order valence-corrected chi connectivity index (χ2v) is 5.87. The highest BCUT2D eigenvalue weighted by Crippen LogP contribution is 2.18. The molecule has 0 atom stereocenters. The Morgan fingerprint density at radius 1 is 1.04 bits per heavy atom. The normalized spacial score (nSPS) is 10.2. The van der Waals surface area contributed by atoms with Gasteiger partial charge in [0.2, 0.25) is 0 Å². The van der Waals surface area contributed by atoms with Crippen LogP contribution in [0.15, 0.2) is 48.5 Å². The van der Waals surface area contributed by atoms with Gasteiger partial charge in [-0.3, -0.25) is 9.59 Å². The molecular weight excluding hydrogens is 318 g/mol. The van der Waals surface area contributed by atoms with E-state index in [2.05, 4.69) is 4.74 Å². The summed E-state index contributed by atoms with van der Waals surface area (Å²) >= 11 is 0. The standard InChI is InChI=1S/C20H23NO4/c1-15-9-10-18(16(2)11-15)25-14-19(22)21(13-20(23)24-3)12-17-7-5-4-6-8-17/h4-11H,12-14H2,1-3H3. The molecule has 132 valence electrons. The van der Waals surface area contributed by atoms with E-state index >= 15 is 0 Å². The van der Waals surface area contributed by atoms with Gasteiger partial charge in [0, 0.05) is 6.54 Å². The molecule has 0 N–H and O–H groups in total. The molecule has 0 spiro atoms. The van der Waals surface area contributed by atoms with Crippen LogP contribution in [0, 0.1) is 13.8 Å². The van der Waals surface area contributed by atoms with E-state index in [0.717, 1.165) is 16.7 Å². The van der Waals surface area contributed by atoms with E-state index in [1.807, 2.05) is 62.4 Å². The predicted octanol–water partition coefficient (Wildman–Crippen LogP) is 2.88. The number of esters is 1. The average molecular weight is 341 g/mol. The van der Waals surface area contributed by atoms with Gasteiger partial charge >= 0.3 is 5.97 Å². The van der Waals surface area contributed by atoms with Gasteiger partial charge < -0.3 is 14.4 Å². The molecule has 0 aliphatic heterocycles. The number of hydrogen-bond acceptors (Lipinski definition) is 4. The van der Waals surface area contributed by atoms with Gasteiger partial charge in [-0.05, 0) is 31.0 Å². The monoisotopic (exact) mass is 341 g/mol. The average Bonchev–Trinajstić information content (AvgIpc) is 2.61. The number of carbonyl (C=O) groups is 2. The van der Waals surface area contributed by atoms with Gasteiger partial charge in [-0.2, -0.15) is 0 Å². The molecule has 0 radical (unpaired) electrons. The van der Waals surface area contributed by atoms with Crippen LogP contribution in [-0.4, -0.2) is 37.0 Å². The maximum atomic E-state index is 12.5. The Labute approximate surface area is 148 Å². The van der Waals surface area contributed by atoms with Gasteiger partial charge in [-0.25, -0.2) is 0 Å². The second kappa shape index (κ2) is 8.87. The van der Waals surface area contributed by atoms with Crippen molar-refractivity contribution in [3.8, 4) is 5.75 Å². The zero-order chi connectivity index (χ0) is 18.2. The highest BCUT2D eigenvalue weighted by molar-refractivity contribution is 5.83. The zero-order valence-corrected chi connectivity index (χ0v) is 14.8. The zero-order valence-electron chi connectivity index (χ0n) is 14.8. The van der Waals surface area contributed by atoms with Crippen LogP contribution >= 0.6 is 0 Å². The summed E-state index contributed by atoms with van der Waals surface area (Å²) in [5.41, 5.74) is 3.04. The Kier molecular flexibility index (Phi) is 6.57. The quantitative estimate of drug-likeness (QED) is 0.727. The van der Waals surface area contributed by atoms with Crippen LogP contribution in [0.1, 0.15) is 16.7 Å². The molecule has 0 bridgehead atoms. The molecule has 0 saturated heterocycles. The molecule has 2 aromatic carbocycles. The smallest absolute Gasteiger partial charge is 0.325 e. The summed E-state index contributed by atoms with van der Waals surface area (Å²) in [6.07, 6.45) is 0. The third kappa shape index (κ3) is 5.64. The van der Waals surface area contributed by atoms with E-state index in [0.29, 0.717) is 12.3 Å². The minimum absolute atomic E-state index is 0.111. The molecule has 0 aromatic heterocycles. The first-order valence-corrected chi connectivity index (χ1v) is 8.08. The molecular formula is C20H23NO4. The molecule has 0 fully saturated rings. The number of rotatable bonds is 7. The van der Waals surface area contributed by atoms with Crippen molar-refractivity contribution >= 4 is 11.9 Å². The Morgan fingerprint density at radius 3 is 2.40 bits per heavy atom. The first-order valence-electron chi connectivity index (χ1n) is 8.08. The Morgan fingerprint density at radius 2 is 1.76 bits per heavy atom. The predicted molar refractivity (Wildman–Crippen MR) is 95.3 cm³/mol. The minimum Gasteiger partial charge on any atom is -0.483 e. The lowest BCUT2D eigenvalue weighted by molar-refractivity contribution is -0.148. The number of nitrogens with zero attached hydrogens (tertiary/aromatic N) is 1. The molecule has 0 aliphatic rings. The van der Waals surface area contributed by atoms with Crippen LogP contribution in [0.25, 0.3) is 0 Å². The maximum Gasteiger partial charge on any atom is 0.325 e. The molecule has 5 nitrogen and oxygen atoms in total. The first-order chi connectivity index (χ1) is 12.0. The summed E-state index contributed by atoms with van der Waals surface area (Å²) in [5, 5.41) is 0. The van der Waals surface area contributed by atoms with Crippen molar-refractivity contribution in [3.05, 3.63) is 65.2 Å². The number of ether oxygens (including phenoxy) is 2. The van der Waals surface area contributed by atoms with E-state index in [1.54, 1.807) is 0 Å². The van der Waals surface area contributed by atoms with Crippen molar-refractivity contribution in [2.75, 3.05) is 20.3 Å². The summed E-state index contributed by atoms with van der Waals surface area (Å²) in [6, 6.07) is 15.3. The van der Waals surface area contributed by atoms with E-state index in [1.165, 1.54) is 12.0 Å².